The molecule has 0 radical (unpaired) electrons. The molecular weight excluding hydrogens is 210 g/mol. The number of carbonyl (C=O) groups is 1. The highest BCUT2D eigenvalue weighted by atomic mass is 32.2. The van der Waals surface area contributed by atoms with Gasteiger partial charge in [0.1, 0.15) is 0 Å². The SMILES string of the molecule is CCOC(=O)c1cccc2c1NCCS2. The Morgan fingerprint density at radius 3 is 3.27 bits per heavy atom. The van der Waals surface area contributed by atoms with Gasteiger partial charge in [-0.05, 0) is 19.1 Å². The molecule has 1 N–H and O–H groups in total. The van der Waals surface area contributed by atoms with Crippen LogP contribution in [-0.2, 0) is 4.74 Å². The summed E-state index contributed by atoms with van der Waals surface area (Å²) in [5, 5.41) is 3.25. The van der Waals surface area contributed by atoms with E-state index in [2.05, 4.69) is 5.32 Å². The third-order valence-electron chi connectivity index (χ3n) is 2.18. The number of anilines is 1. The Bertz CT molecular complexity index is 379. The summed E-state index contributed by atoms with van der Waals surface area (Å²) in [4.78, 5) is 12.8. The number of nitrogens with one attached hydrogen (secondary N) is 1. The summed E-state index contributed by atoms with van der Waals surface area (Å²) < 4.78 is 5.01. The first kappa shape index (κ1) is 10.4. The zero-order valence-electron chi connectivity index (χ0n) is 8.58. The third kappa shape index (κ3) is 2.09. The van der Waals surface area contributed by atoms with Gasteiger partial charge in [-0.3, -0.25) is 0 Å². The number of para-hydroxylation sites is 1. The van der Waals surface area contributed by atoms with Gasteiger partial charge in [0, 0.05) is 17.2 Å². The Morgan fingerprint density at radius 2 is 2.47 bits per heavy atom. The van der Waals surface area contributed by atoms with Crippen LogP contribution in [0.15, 0.2) is 23.1 Å². The number of hydrogen-bond donors (Lipinski definition) is 1. The first-order valence-electron chi connectivity index (χ1n) is 4.99. The molecule has 80 valence electrons. The van der Waals surface area contributed by atoms with Crippen LogP contribution in [0.2, 0.25) is 0 Å². The maximum atomic E-state index is 11.6. The lowest BCUT2D eigenvalue weighted by atomic mass is 10.1. The van der Waals surface area contributed by atoms with E-state index in [1.54, 1.807) is 17.8 Å². The molecule has 1 aromatic carbocycles. The standard InChI is InChI=1S/C11H13NO2S/c1-2-14-11(13)8-4-3-5-9-10(8)12-6-7-15-9/h3-5,12H,2,6-7H2,1H3. The zero-order chi connectivity index (χ0) is 10.7. The molecule has 0 fully saturated rings. The van der Waals surface area contributed by atoms with Crippen LogP contribution in [0.4, 0.5) is 5.69 Å². The minimum Gasteiger partial charge on any atom is -0.462 e. The van der Waals surface area contributed by atoms with E-state index in [0.29, 0.717) is 12.2 Å². The number of benzene rings is 1. The molecule has 0 aliphatic carbocycles. The molecule has 1 aliphatic rings. The van der Waals surface area contributed by atoms with Crippen LogP contribution in [0.25, 0.3) is 0 Å². The average molecular weight is 223 g/mol. The maximum absolute atomic E-state index is 11.6. The van der Waals surface area contributed by atoms with Crippen LogP contribution in [0.5, 0.6) is 0 Å². The molecule has 3 nitrogen and oxygen atoms in total. The topological polar surface area (TPSA) is 38.3 Å². The van der Waals surface area contributed by atoms with Gasteiger partial charge < -0.3 is 10.1 Å². The van der Waals surface area contributed by atoms with Gasteiger partial charge in [0.25, 0.3) is 0 Å². The highest BCUT2D eigenvalue weighted by Gasteiger charge is 2.18. The van der Waals surface area contributed by atoms with Crippen molar-refractivity contribution >= 4 is 23.4 Å². The van der Waals surface area contributed by atoms with Crippen molar-refractivity contribution in [3.8, 4) is 0 Å². The molecule has 0 saturated heterocycles. The number of fused-ring (bicyclic) bond motifs is 1. The predicted octanol–water partition coefficient (Wildman–Crippen LogP) is 2.38. The monoisotopic (exact) mass is 223 g/mol. The van der Waals surface area contributed by atoms with E-state index in [1.165, 1.54) is 0 Å². The highest BCUT2D eigenvalue weighted by Crippen LogP contribution is 2.33. The van der Waals surface area contributed by atoms with Crippen LogP contribution >= 0.6 is 11.8 Å². The van der Waals surface area contributed by atoms with Crippen molar-refractivity contribution in [3.05, 3.63) is 23.8 Å². The molecule has 0 aromatic heterocycles. The maximum Gasteiger partial charge on any atom is 0.340 e. The van der Waals surface area contributed by atoms with Gasteiger partial charge in [0.2, 0.25) is 0 Å². The Kier molecular flexibility index (Phi) is 3.16. The Balaban J connectivity index is 2.34. The van der Waals surface area contributed by atoms with E-state index >= 15 is 0 Å². The molecule has 1 aromatic rings. The van der Waals surface area contributed by atoms with E-state index in [1.807, 2.05) is 19.1 Å². The van der Waals surface area contributed by atoms with E-state index in [-0.39, 0.29) is 5.97 Å². The lowest BCUT2D eigenvalue weighted by Gasteiger charge is -2.19. The summed E-state index contributed by atoms with van der Waals surface area (Å²) in [7, 11) is 0. The number of carbonyl (C=O) groups excluding carboxylic acids is 1. The van der Waals surface area contributed by atoms with Crippen molar-refractivity contribution in [1.82, 2.24) is 0 Å². The minimum absolute atomic E-state index is 0.246. The second-order valence-corrected chi connectivity index (χ2v) is 4.31. The Morgan fingerprint density at radius 1 is 1.60 bits per heavy atom. The second kappa shape index (κ2) is 4.57. The van der Waals surface area contributed by atoms with E-state index in [0.717, 1.165) is 22.9 Å². The zero-order valence-corrected chi connectivity index (χ0v) is 9.39. The first-order valence-corrected chi connectivity index (χ1v) is 5.98. The van der Waals surface area contributed by atoms with Gasteiger partial charge in [-0.25, -0.2) is 4.79 Å². The summed E-state index contributed by atoms with van der Waals surface area (Å²) >= 11 is 1.77. The van der Waals surface area contributed by atoms with E-state index in [4.69, 9.17) is 4.74 Å². The van der Waals surface area contributed by atoms with Crippen LogP contribution in [0.3, 0.4) is 0 Å². The summed E-state index contributed by atoms with van der Waals surface area (Å²) in [6.45, 7) is 3.12. The fourth-order valence-corrected chi connectivity index (χ4v) is 2.48. The smallest absolute Gasteiger partial charge is 0.340 e. The molecule has 15 heavy (non-hydrogen) atoms. The van der Waals surface area contributed by atoms with Crippen molar-refractivity contribution in [2.24, 2.45) is 0 Å². The molecule has 2 rings (SSSR count). The van der Waals surface area contributed by atoms with Crippen LogP contribution < -0.4 is 5.32 Å². The fourth-order valence-electron chi connectivity index (χ4n) is 1.55. The number of thioether (sulfide) groups is 1. The first-order chi connectivity index (χ1) is 7.33. The normalized spacial score (nSPS) is 13.9. The fraction of sp³-hybridized carbons (Fsp3) is 0.364. The number of hydrogen-bond acceptors (Lipinski definition) is 4. The molecular formula is C11H13NO2S. The van der Waals surface area contributed by atoms with Gasteiger partial charge in [-0.2, -0.15) is 0 Å². The van der Waals surface area contributed by atoms with Crippen molar-refractivity contribution in [3.63, 3.8) is 0 Å². The van der Waals surface area contributed by atoms with Crippen LogP contribution in [0, 0.1) is 0 Å². The molecule has 4 heteroatoms. The molecule has 1 aliphatic heterocycles. The van der Waals surface area contributed by atoms with Crippen LogP contribution in [-0.4, -0.2) is 24.9 Å². The van der Waals surface area contributed by atoms with Gasteiger partial charge in [-0.1, -0.05) is 6.07 Å². The molecule has 0 bridgehead atoms. The minimum atomic E-state index is -0.246. The molecule has 1 heterocycles. The molecule has 0 spiro atoms. The van der Waals surface area contributed by atoms with Gasteiger partial charge >= 0.3 is 5.97 Å². The van der Waals surface area contributed by atoms with Crippen molar-refractivity contribution in [2.75, 3.05) is 24.2 Å². The molecule has 0 saturated carbocycles. The molecule has 0 amide bonds. The van der Waals surface area contributed by atoms with Crippen molar-refractivity contribution in [2.45, 2.75) is 11.8 Å². The second-order valence-electron chi connectivity index (χ2n) is 3.17. The number of esters is 1. The third-order valence-corrected chi connectivity index (χ3v) is 3.24. The van der Waals surface area contributed by atoms with Crippen LogP contribution in [0.1, 0.15) is 17.3 Å². The van der Waals surface area contributed by atoms with Gasteiger partial charge in [0.15, 0.2) is 0 Å². The lowest BCUT2D eigenvalue weighted by molar-refractivity contribution is 0.0527. The summed E-state index contributed by atoms with van der Waals surface area (Å²) in [6, 6.07) is 5.72. The van der Waals surface area contributed by atoms with Gasteiger partial charge in [-0.15, -0.1) is 11.8 Å². The molecule has 0 atom stereocenters. The Labute approximate surface area is 93.2 Å². The average Bonchev–Trinajstić information content (AvgIpc) is 2.28. The van der Waals surface area contributed by atoms with Gasteiger partial charge in [0.05, 0.1) is 17.9 Å². The van der Waals surface area contributed by atoms with Crippen molar-refractivity contribution in [1.29, 1.82) is 0 Å². The summed E-state index contributed by atoms with van der Waals surface area (Å²) in [5.41, 5.74) is 1.56. The largest absolute Gasteiger partial charge is 0.462 e. The summed E-state index contributed by atoms with van der Waals surface area (Å²) in [6.07, 6.45) is 0. The van der Waals surface area contributed by atoms with Crippen molar-refractivity contribution < 1.29 is 9.53 Å². The highest BCUT2D eigenvalue weighted by molar-refractivity contribution is 7.99. The van der Waals surface area contributed by atoms with E-state index < -0.39 is 0 Å². The quantitative estimate of drug-likeness (QED) is 0.781. The molecule has 0 unspecified atom stereocenters. The predicted molar refractivity (Wildman–Crippen MR) is 61.6 cm³/mol. The number of rotatable bonds is 2. The Hall–Kier alpha value is -1.16. The van der Waals surface area contributed by atoms with E-state index in [9.17, 15) is 4.79 Å². The summed E-state index contributed by atoms with van der Waals surface area (Å²) in [5.74, 6) is 0.795. The number of ether oxygens (including phenoxy) is 1. The lowest BCUT2D eigenvalue weighted by Crippen LogP contribution is -2.15.